The van der Waals surface area contributed by atoms with Gasteiger partial charge in [-0.2, -0.15) is 0 Å². The molecule has 2 aromatic carbocycles. The number of fused-ring (bicyclic) bond motifs is 1. The Morgan fingerprint density at radius 1 is 1.00 bits per heavy atom. The van der Waals surface area contributed by atoms with Crippen molar-refractivity contribution >= 4 is 17.7 Å². The molecular formula is C22H27NOS. The molecule has 1 aliphatic rings. The Kier molecular flexibility index (Phi) is 5.85. The van der Waals surface area contributed by atoms with Gasteiger partial charge in [0.15, 0.2) is 0 Å². The highest BCUT2D eigenvalue weighted by atomic mass is 32.2. The number of nitrogens with one attached hydrogen (secondary N) is 1. The first-order valence-corrected chi connectivity index (χ1v) is 10.1. The lowest BCUT2D eigenvalue weighted by atomic mass is 9.89. The molecule has 3 heteroatoms. The van der Waals surface area contributed by atoms with E-state index in [1.54, 1.807) is 11.8 Å². The van der Waals surface area contributed by atoms with Gasteiger partial charge in [-0.15, -0.1) is 11.8 Å². The van der Waals surface area contributed by atoms with Crippen LogP contribution in [0, 0.1) is 6.92 Å². The molecule has 2 nitrogen and oxygen atoms in total. The summed E-state index contributed by atoms with van der Waals surface area (Å²) in [4.78, 5) is 13.7. The van der Waals surface area contributed by atoms with Crippen molar-refractivity contribution in [2.75, 3.05) is 0 Å². The highest BCUT2D eigenvalue weighted by molar-refractivity contribution is 8.00. The molecule has 0 saturated carbocycles. The molecule has 3 rings (SSSR count). The van der Waals surface area contributed by atoms with Crippen LogP contribution in [0.5, 0.6) is 0 Å². The predicted octanol–water partition coefficient (Wildman–Crippen LogP) is 5.23. The van der Waals surface area contributed by atoms with Crippen molar-refractivity contribution in [3.63, 3.8) is 0 Å². The van der Waals surface area contributed by atoms with Crippen LogP contribution >= 0.6 is 11.8 Å². The predicted molar refractivity (Wildman–Crippen MR) is 106 cm³/mol. The zero-order valence-corrected chi connectivity index (χ0v) is 16.2. The molecule has 1 amide bonds. The summed E-state index contributed by atoms with van der Waals surface area (Å²) in [7, 11) is 0. The van der Waals surface area contributed by atoms with Crippen LogP contribution in [-0.2, 0) is 17.6 Å². The normalized spacial score (nSPS) is 16.0. The smallest absolute Gasteiger partial charge is 0.233 e. The van der Waals surface area contributed by atoms with Crippen LogP contribution < -0.4 is 5.32 Å². The van der Waals surface area contributed by atoms with Gasteiger partial charge in [0.05, 0.1) is 11.3 Å². The van der Waals surface area contributed by atoms with Crippen LogP contribution in [0.4, 0.5) is 0 Å². The van der Waals surface area contributed by atoms with Gasteiger partial charge in [-0.25, -0.2) is 0 Å². The topological polar surface area (TPSA) is 29.1 Å². The van der Waals surface area contributed by atoms with Crippen molar-refractivity contribution in [1.29, 1.82) is 0 Å². The second kappa shape index (κ2) is 8.09. The highest BCUT2D eigenvalue weighted by Gasteiger charge is 2.18. The van der Waals surface area contributed by atoms with E-state index in [0.29, 0.717) is 0 Å². The third-order valence-electron chi connectivity index (χ3n) is 4.93. The first kappa shape index (κ1) is 18.1. The third kappa shape index (κ3) is 4.66. The Balaban J connectivity index is 1.60. The quantitative estimate of drug-likeness (QED) is 0.746. The van der Waals surface area contributed by atoms with E-state index < -0.39 is 0 Å². The summed E-state index contributed by atoms with van der Waals surface area (Å²) in [6.07, 6.45) is 4.94. The van der Waals surface area contributed by atoms with Gasteiger partial charge in [-0.3, -0.25) is 4.79 Å². The van der Waals surface area contributed by atoms with Crippen LogP contribution in [0.1, 0.15) is 55.0 Å². The largest absolute Gasteiger partial charge is 0.349 e. The minimum Gasteiger partial charge on any atom is -0.349 e. The second-order valence-corrected chi connectivity index (χ2v) is 8.45. The monoisotopic (exact) mass is 353 g/mol. The molecule has 0 radical (unpaired) electrons. The van der Waals surface area contributed by atoms with E-state index in [-0.39, 0.29) is 17.2 Å². The molecule has 2 aromatic rings. The fraction of sp³-hybridized carbons (Fsp3) is 0.409. The molecule has 132 valence electrons. The Bertz CT molecular complexity index is 738. The van der Waals surface area contributed by atoms with E-state index in [9.17, 15) is 4.79 Å². The van der Waals surface area contributed by atoms with E-state index in [0.717, 1.165) is 4.90 Å². The SMILES string of the molecule is Cc1ccc(S[C@H](C)C(=O)N[C@H](C)c2ccc3c(c2)CCCC3)cc1. The lowest BCUT2D eigenvalue weighted by Gasteiger charge is -2.21. The summed E-state index contributed by atoms with van der Waals surface area (Å²) in [6.45, 7) is 6.12. The summed E-state index contributed by atoms with van der Waals surface area (Å²) in [6, 6.07) is 15.1. The molecule has 0 bridgehead atoms. The first-order valence-electron chi connectivity index (χ1n) is 9.18. The van der Waals surface area contributed by atoms with Gasteiger partial charge in [-0.1, -0.05) is 35.9 Å². The number of thioether (sulfide) groups is 1. The maximum Gasteiger partial charge on any atom is 0.233 e. The lowest BCUT2D eigenvalue weighted by Crippen LogP contribution is -2.33. The number of benzene rings is 2. The van der Waals surface area contributed by atoms with Crippen LogP contribution in [0.2, 0.25) is 0 Å². The van der Waals surface area contributed by atoms with Crippen LogP contribution in [0.15, 0.2) is 47.4 Å². The van der Waals surface area contributed by atoms with Crippen molar-refractivity contribution in [2.24, 2.45) is 0 Å². The summed E-state index contributed by atoms with van der Waals surface area (Å²) >= 11 is 1.61. The van der Waals surface area contributed by atoms with Crippen LogP contribution in [-0.4, -0.2) is 11.2 Å². The summed E-state index contributed by atoms with van der Waals surface area (Å²) < 4.78 is 0. The number of rotatable bonds is 5. The molecular weight excluding hydrogens is 326 g/mol. The van der Waals surface area contributed by atoms with Crippen molar-refractivity contribution in [2.45, 2.75) is 62.6 Å². The summed E-state index contributed by atoms with van der Waals surface area (Å²) in [5, 5.41) is 3.07. The number of aryl methyl sites for hydroxylation is 3. The van der Waals surface area contributed by atoms with Crippen molar-refractivity contribution in [1.82, 2.24) is 5.32 Å². The molecule has 1 N–H and O–H groups in total. The van der Waals surface area contributed by atoms with Gasteiger partial charge < -0.3 is 5.32 Å². The third-order valence-corrected chi connectivity index (χ3v) is 6.05. The number of amides is 1. The van der Waals surface area contributed by atoms with Crippen molar-refractivity contribution in [3.8, 4) is 0 Å². The molecule has 2 atom stereocenters. The zero-order chi connectivity index (χ0) is 17.8. The molecule has 0 aliphatic heterocycles. The fourth-order valence-electron chi connectivity index (χ4n) is 3.31. The summed E-state index contributed by atoms with van der Waals surface area (Å²) in [5.41, 5.74) is 5.40. The second-order valence-electron chi connectivity index (χ2n) is 7.04. The van der Waals surface area contributed by atoms with Crippen LogP contribution in [0.25, 0.3) is 0 Å². The maximum absolute atomic E-state index is 12.6. The molecule has 0 aromatic heterocycles. The molecule has 0 saturated heterocycles. The molecule has 1 aliphatic carbocycles. The maximum atomic E-state index is 12.6. The average molecular weight is 354 g/mol. The number of hydrogen-bond acceptors (Lipinski definition) is 2. The van der Waals surface area contributed by atoms with Gasteiger partial charge in [0.1, 0.15) is 0 Å². The average Bonchev–Trinajstić information content (AvgIpc) is 2.63. The van der Waals surface area contributed by atoms with Gasteiger partial charge in [0.2, 0.25) is 5.91 Å². The highest BCUT2D eigenvalue weighted by Crippen LogP contribution is 2.26. The van der Waals surface area contributed by atoms with Crippen molar-refractivity contribution in [3.05, 3.63) is 64.7 Å². The van der Waals surface area contributed by atoms with E-state index >= 15 is 0 Å². The molecule has 0 spiro atoms. The molecule has 0 unspecified atom stereocenters. The Morgan fingerprint density at radius 3 is 2.40 bits per heavy atom. The Morgan fingerprint density at radius 2 is 1.68 bits per heavy atom. The first-order chi connectivity index (χ1) is 12.0. The van der Waals surface area contributed by atoms with Crippen LogP contribution in [0.3, 0.4) is 0 Å². The molecule has 25 heavy (non-hydrogen) atoms. The number of carbonyl (C=O) groups is 1. The van der Waals surface area contributed by atoms with E-state index in [4.69, 9.17) is 0 Å². The van der Waals surface area contributed by atoms with E-state index in [2.05, 4.69) is 61.6 Å². The number of carbonyl (C=O) groups excluding carboxylic acids is 1. The van der Waals surface area contributed by atoms with E-state index in [1.807, 2.05) is 6.92 Å². The van der Waals surface area contributed by atoms with E-state index in [1.165, 1.54) is 47.9 Å². The summed E-state index contributed by atoms with van der Waals surface area (Å²) in [5.74, 6) is 0.0933. The van der Waals surface area contributed by atoms with Gasteiger partial charge >= 0.3 is 0 Å². The fourth-order valence-corrected chi connectivity index (χ4v) is 4.19. The molecule has 0 heterocycles. The standard InChI is InChI=1S/C22H27NOS/c1-15-8-12-21(13-9-15)25-17(3)22(24)23-16(2)19-11-10-18-6-4-5-7-20(18)14-19/h8-14,16-17H,4-7H2,1-3H3,(H,23,24)/t16-,17-/m1/s1. The van der Waals surface area contributed by atoms with Gasteiger partial charge in [0, 0.05) is 4.90 Å². The Labute approximate surface area is 155 Å². The lowest BCUT2D eigenvalue weighted by molar-refractivity contribution is -0.120. The molecule has 0 fully saturated rings. The number of hydrogen-bond donors (Lipinski definition) is 1. The van der Waals surface area contributed by atoms with Gasteiger partial charge in [0.25, 0.3) is 0 Å². The minimum absolute atomic E-state index is 0.0424. The zero-order valence-electron chi connectivity index (χ0n) is 15.3. The van der Waals surface area contributed by atoms with Gasteiger partial charge in [-0.05, 0) is 75.3 Å². The van der Waals surface area contributed by atoms with Crippen molar-refractivity contribution < 1.29 is 4.79 Å². The minimum atomic E-state index is -0.109. The Hall–Kier alpha value is -1.74.